The standard InChI is InChI=1S/C13H15N3O5/c17-4-8-10(18)11(19)13(21-8)16-7-3-1-2-6-9(7)14-5-15-12(6)20/h1-3,5,8,10-11,13,16-19H,4H2,(H,14,15,20)/t8-,10-,11-,13-/m1/s1. The molecule has 3 rings (SSSR count). The van der Waals surface area contributed by atoms with Crippen LogP contribution in [0.15, 0.2) is 29.3 Å². The van der Waals surface area contributed by atoms with E-state index in [0.717, 1.165) is 0 Å². The molecule has 0 unspecified atom stereocenters. The third-order valence-electron chi connectivity index (χ3n) is 3.51. The van der Waals surface area contributed by atoms with E-state index in [1.54, 1.807) is 18.2 Å². The third-order valence-corrected chi connectivity index (χ3v) is 3.51. The number of aliphatic hydroxyl groups is 3. The molecule has 1 fully saturated rings. The molecule has 1 saturated heterocycles. The summed E-state index contributed by atoms with van der Waals surface area (Å²) in [6.07, 6.45) is -2.85. The number of para-hydroxylation sites is 1. The highest BCUT2D eigenvalue weighted by atomic mass is 16.6. The van der Waals surface area contributed by atoms with E-state index in [1.807, 2.05) is 0 Å². The van der Waals surface area contributed by atoms with Crippen molar-refractivity contribution in [2.45, 2.75) is 24.5 Å². The van der Waals surface area contributed by atoms with Gasteiger partial charge in [-0.1, -0.05) is 6.07 Å². The minimum absolute atomic E-state index is 0.273. The van der Waals surface area contributed by atoms with E-state index in [0.29, 0.717) is 16.6 Å². The molecule has 0 bridgehead atoms. The maximum Gasteiger partial charge on any atom is 0.258 e. The number of nitrogens with zero attached hydrogens (tertiary/aromatic N) is 1. The Morgan fingerprint density at radius 3 is 2.86 bits per heavy atom. The van der Waals surface area contributed by atoms with E-state index in [9.17, 15) is 15.0 Å². The van der Waals surface area contributed by atoms with Gasteiger partial charge in [-0.3, -0.25) is 4.79 Å². The van der Waals surface area contributed by atoms with E-state index in [2.05, 4.69) is 15.3 Å². The van der Waals surface area contributed by atoms with Crippen molar-refractivity contribution in [3.63, 3.8) is 0 Å². The van der Waals surface area contributed by atoms with E-state index < -0.39 is 31.1 Å². The molecule has 1 aromatic carbocycles. The summed E-state index contributed by atoms with van der Waals surface area (Å²) in [5.41, 5.74) is 0.650. The molecule has 0 amide bonds. The molecule has 21 heavy (non-hydrogen) atoms. The van der Waals surface area contributed by atoms with Gasteiger partial charge in [0.25, 0.3) is 5.56 Å². The number of benzene rings is 1. The zero-order chi connectivity index (χ0) is 15.0. The smallest absolute Gasteiger partial charge is 0.258 e. The topological polar surface area (TPSA) is 128 Å². The highest BCUT2D eigenvalue weighted by Crippen LogP contribution is 2.25. The predicted molar refractivity (Wildman–Crippen MR) is 73.7 cm³/mol. The van der Waals surface area contributed by atoms with Gasteiger partial charge in [-0.15, -0.1) is 0 Å². The first-order chi connectivity index (χ1) is 10.1. The van der Waals surface area contributed by atoms with Gasteiger partial charge >= 0.3 is 0 Å². The molecule has 0 spiro atoms. The van der Waals surface area contributed by atoms with Crippen molar-refractivity contribution in [2.24, 2.45) is 0 Å². The van der Waals surface area contributed by atoms with Crippen LogP contribution < -0.4 is 10.9 Å². The van der Waals surface area contributed by atoms with Crippen LogP contribution in [0.3, 0.4) is 0 Å². The number of fused-ring (bicyclic) bond motifs is 1. The Hall–Kier alpha value is -2.00. The van der Waals surface area contributed by atoms with E-state index >= 15 is 0 Å². The highest BCUT2D eigenvalue weighted by Gasteiger charge is 2.42. The summed E-state index contributed by atoms with van der Waals surface area (Å²) >= 11 is 0. The first-order valence-electron chi connectivity index (χ1n) is 6.47. The van der Waals surface area contributed by atoms with Crippen LogP contribution in [0.25, 0.3) is 10.9 Å². The molecule has 1 aliphatic heterocycles. The minimum Gasteiger partial charge on any atom is -0.394 e. The van der Waals surface area contributed by atoms with Crippen molar-refractivity contribution < 1.29 is 20.1 Å². The predicted octanol–water partition coefficient (Wildman–Crippen LogP) is -1.23. The highest BCUT2D eigenvalue weighted by molar-refractivity contribution is 5.89. The fourth-order valence-corrected chi connectivity index (χ4v) is 2.39. The molecule has 5 N–H and O–H groups in total. The Bertz CT molecular complexity index is 704. The van der Waals surface area contributed by atoms with Crippen LogP contribution in [0.2, 0.25) is 0 Å². The number of aromatic amines is 1. The van der Waals surface area contributed by atoms with Gasteiger partial charge < -0.3 is 30.4 Å². The average Bonchev–Trinajstić information content (AvgIpc) is 2.76. The molecule has 4 atom stereocenters. The second-order valence-corrected chi connectivity index (χ2v) is 4.84. The summed E-state index contributed by atoms with van der Waals surface area (Å²) in [6, 6.07) is 4.98. The monoisotopic (exact) mass is 293 g/mol. The number of nitrogens with one attached hydrogen (secondary N) is 2. The number of aliphatic hydroxyl groups excluding tert-OH is 3. The largest absolute Gasteiger partial charge is 0.394 e. The zero-order valence-electron chi connectivity index (χ0n) is 10.9. The van der Waals surface area contributed by atoms with Crippen molar-refractivity contribution in [1.82, 2.24) is 9.97 Å². The Balaban J connectivity index is 1.93. The first kappa shape index (κ1) is 14.0. The fraction of sp³-hybridized carbons (Fsp3) is 0.385. The maximum absolute atomic E-state index is 11.7. The van der Waals surface area contributed by atoms with Crippen LogP contribution in [0.1, 0.15) is 0 Å². The van der Waals surface area contributed by atoms with Crippen molar-refractivity contribution in [3.05, 3.63) is 34.9 Å². The lowest BCUT2D eigenvalue weighted by molar-refractivity contribution is -0.0153. The molecule has 2 heterocycles. The fourth-order valence-electron chi connectivity index (χ4n) is 2.39. The van der Waals surface area contributed by atoms with Gasteiger partial charge in [0.05, 0.1) is 24.0 Å². The van der Waals surface area contributed by atoms with Crippen molar-refractivity contribution in [3.8, 4) is 0 Å². The average molecular weight is 293 g/mol. The number of hydrogen-bond donors (Lipinski definition) is 5. The van der Waals surface area contributed by atoms with E-state index in [-0.39, 0.29) is 5.56 Å². The number of rotatable bonds is 3. The number of hydrogen-bond acceptors (Lipinski definition) is 7. The molecule has 8 nitrogen and oxygen atoms in total. The molecule has 0 radical (unpaired) electrons. The van der Waals surface area contributed by atoms with Crippen molar-refractivity contribution >= 4 is 16.6 Å². The number of anilines is 1. The molecule has 0 saturated carbocycles. The number of aromatic nitrogens is 2. The third kappa shape index (κ3) is 2.38. The molecule has 0 aliphatic carbocycles. The van der Waals surface area contributed by atoms with E-state index in [1.165, 1.54) is 6.33 Å². The van der Waals surface area contributed by atoms with Crippen LogP contribution in [-0.2, 0) is 4.74 Å². The molecular formula is C13H15N3O5. The Labute approximate surface area is 119 Å². The molecule has 1 aromatic heterocycles. The summed E-state index contributed by atoms with van der Waals surface area (Å²) in [4.78, 5) is 18.3. The summed E-state index contributed by atoms with van der Waals surface area (Å²) in [6.45, 7) is -0.399. The van der Waals surface area contributed by atoms with Gasteiger partial charge in [-0.05, 0) is 12.1 Å². The maximum atomic E-state index is 11.7. The Morgan fingerprint density at radius 2 is 2.14 bits per heavy atom. The van der Waals surface area contributed by atoms with E-state index in [4.69, 9.17) is 9.84 Å². The van der Waals surface area contributed by atoms with Crippen LogP contribution >= 0.6 is 0 Å². The lowest BCUT2D eigenvalue weighted by atomic mass is 10.1. The normalized spacial score (nSPS) is 28.9. The number of H-pyrrole nitrogens is 1. The second kappa shape index (κ2) is 5.41. The van der Waals surface area contributed by atoms with Gasteiger partial charge in [-0.2, -0.15) is 0 Å². The Morgan fingerprint density at radius 1 is 1.33 bits per heavy atom. The minimum atomic E-state index is -1.19. The molecule has 2 aromatic rings. The van der Waals surface area contributed by atoms with Gasteiger partial charge in [0, 0.05) is 0 Å². The summed E-state index contributed by atoms with van der Waals surface area (Å²) in [5, 5.41) is 32.0. The van der Waals surface area contributed by atoms with Crippen LogP contribution in [0.5, 0.6) is 0 Å². The van der Waals surface area contributed by atoms with Gasteiger partial charge in [0.2, 0.25) is 0 Å². The van der Waals surface area contributed by atoms with Crippen LogP contribution in [0, 0.1) is 0 Å². The second-order valence-electron chi connectivity index (χ2n) is 4.84. The van der Waals surface area contributed by atoms with Gasteiger partial charge in [-0.25, -0.2) is 4.98 Å². The zero-order valence-corrected chi connectivity index (χ0v) is 10.9. The van der Waals surface area contributed by atoms with Crippen LogP contribution in [0.4, 0.5) is 5.69 Å². The molecule has 8 heteroatoms. The lowest BCUT2D eigenvalue weighted by Crippen LogP contribution is -2.36. The molecule has 112 valence electrons. The summed E-state index contributed by atoms with van der Waals surface area (Å²) < 4.78 is 5.34. The summed E-state index contributed by atoms with van der Waals surface area (Å²) in [5.74, 6) is 0. The van der Waals surface area contributed by atoms with Crippen LogP contribution in [-0.4, -0.2) is 56.4 Å². The van der Waals surface area contributed by atoms with Crippen molar-refractivity contribution in [2.75, 3.05) is 11.9 Å². The number of ether oxygens (including phenoxy) is 1. The van der Waals surface area contributed by atoms with Crippen molar-refractivity contribution in [1.29, 1.82) is 0 Å². The van der Waals surface area contributed by atoms with Gasteiger partial charge in [0.15, 0.2) is 6.23 Å². The Kier molecular flexibility index (Phi) is 3.60. The quantitative estimate of drug-likeness (QED) is 0.479. The summed E-state index contributed by atoms with van der Waals surface area (Å²) in [7, 11) is 0. The SMILES string of the molecule is O=c1[nH]cnc2c(N[C@@H]3O[C@H](CO)[C@@H](O)[C@H]3O)cccc12. The first-order valence-corrected chi connectivity index (χ1v) is 6.47. The lowest BCUT2D eigenvalue weighted by Gasteiger charge is -2.18. The molecule has 1 aliphatic rings. The molecular weight excluding hydrogens is 278 g/mol. The van der Waals surface area contributed by atoms with Gasteiger partial charge in [0.1, 0.15) is 23.8 Å².